The molecule has 8 nitrogen and oxygen atoms in total. The Kier molecular flexibility index (Phi) is 7.49. The van der Waals surface area contributed by atoms with E-state index in [1.807, 2.05) is 11.8 Å². The van der Waals surface area contributed by atoms with E-state index in [-0.39, 0.29) is 17.9 Å². The van der Waals surface area contributed by atoms with Crippen LogP contribution in [0.25, 0.3) is 0 Å². The van der Waals surface area contributed by atoms with Gasteiger partial charge in [0.25, 0.3) is 5.91 Å². The van der Waals surface area contributed by atoms with Crippen LogP contribution in [0.3, 0.4) is 0 Å². The van der Waals surface area contributed by atoms with Gasteiger partial charge in [0, 0.05) is 39.3 Å². The number of thiophene rings is 1. The van der Waals surface area contributed by atoms with Crippen molar-refractivity contribution in [3.05, 3.63) is 17.0 Å². The summed E-state index contributed by atoms with van der Waals surface area (Å²) in [7, 11) is 0. The van der Waals surface area contributed by atoms with Crippen molar-refractivity contribution >= 4 is 34.1 Å². The first-order valence-corrected chi connectivity index (χ1v) is 11.5. The normalized spacial score (nSPS) is 24.4. The zero-order valence-electron chi connectivity index (χ0n) is 18.1. The summed E-state index contributed by atoms with van der Waals surface area (Å²) in [6.45, 7) is 11.4. The molecule has 3 amide bonds. The number of rotatable bonds is 6. The lowest BCUT2D eigenvalue weighted by Crippen LogP contribution is -2.55. The number of likely N-dealkylation sites (tertiary alicyclic amines) is 1. The molecule has 2 saturated heterocycles. The van der Waals surface area contributed by atoms with Crippen molar-refractivity contribution in [2.75, 3.05) is 51.1 Å². The number of anilines is 1. The van der Waals surface area contributed by atoms with Gasteiger partial charge in [0.1, 0.15) is 5.00 Å². The van der Waals surface area contributed by atoms with E-state index in [9.17, 15) is 14.4 Å². The van der Waals surface area contributed by atoms with Crippen LogP contribution in [0, 0.1) is 11.8 Å². The number of hydrogen-bond acceptors (Lipinski definition) is 6. The lowest BCUT2D eigenvalue weighted by atomic mass is 9.92. The molecule has 3 unspecified atom stereocenters. The lowest BCUT2D eigenvalue weighted by Gasteiger charge is -2.39. The number of hydrogen-bond donors (Lipinski definition) is 2. The van der Waals surface area contributed by atoms with Gasteiger partial charge in [-0.2, -0.15) is 0 Å². The van der Waals surface area contributed by atoms with Gasteiger partial charge in [0.2, 0.25) is 11.8 Å². The van der Waals surface area contributed by atoms with E-state index in [0.717, 1.165) is 39.3 Å². The van der Waals surface area contributed by atoms with Crippen molar-refractivity contribution in [1.82, 2.24) is 14.7 Å². The number of primary amides is 1. The Balaban J connectivity index is 1.46. The standard InChI is InChI=1S/C21H33N5O3S/c1-14-10-15(2)12-26(11-14)18(27)13-24-5-7-25(8-6-24)16(3)20(29)23-21-17(19(22)28)4-9-30-21/h4,9,14-16H,5-8,10-13H2,1-3H3,(H2,22,28)(H,23,29). The van der Waals surface area contributed by atoms with Crippen LogP contribution in [0.2, 0.25) is 0 Å². The molecule has 0 bridgehead atoms. The second-order valence-corrected chi connectivity index (χ2v) is 9.67. The fourth-order valence-electron chi connectivity index (χ4n) is 4.45. The third kappa shape index (κ3) is 5.59. The van der Waals surface area contributed by atoms with Gasteiger partial charge >= 0.3 is 0 Å². The molecule has 2 fully saturated rings. The third-order valence-corrected chi connectivity index (χ3v) is 6.91. The summed E-state index contributed by atoms with van der Waals surface area (Å²) in [5.74, 6) is 0.639. The minimum Gasteiger partial charge on any atom is -0.366 e. The van der Waals surface area contributed by atoms with Crippen molar-refractivity contribution < 1.29 is 14.4 Å². The van der Waals surface area contributed by atoms with Gasteiger partial charge in [-0.3, -0.25) is 24.2 Å². The maximum absolute atomic E-state index is 12.7. The number of nitrogens with two attached hydrogens (primary N) is 1. The smallest absolute Gasteiger partial charge is 0.251 e. The van der Waals surface area contributed by atoms with Gasteiger partial charge in [0.15, 0.2) is 0 Å². The quantitative estimate of drug-likeness (QED) is 0.702. The van der Waals surface area contributed by atoms with Crippen LogP contribution < -0.4 is 11.1 Å². The summed E-state index contributed by atoms with van der Waals surface area (Å²) in [6, 6.07) is 1.29. The Morgan fingerprint density at radius 2 is 1.80 bits per heavy atom. The highest BCUT2D eigenvalue weighted by molar-refractivity contribution is 7.14. The number of piperazine rings is 1. The van der Waals surface area contributed by atoms with E-state index >= 15 is 0 Å². The minimum atomic E-state index is -0.546. The predicted octanol–water partition coefficient (Wildman–Crippen LogP) is 1.30. The van der Waals surface area contributed by atoms with Crippen molar-refractivity contribution in [3.8, 4) is 0 Å². The van der Waals surface area contributed by atoms with E-state index in [2.05, 4.69) is 29.0 Å². The second kappa shape index (κ2) is 9.89. The molecule has 1 aromatic rings. The van der Waals surface area contributed by atoms with Crippen LogP contribution in [-0.2, 0) is 9.59 Å². The maximum atomic E-state index is 12.7. The van der Waals surface area contributed by atoms with E-state index in [1.165, 1.54) is 17.8 Å². The molecule has 0 aromatic carbocycles. The zero-order valence-corrected chi connectivity index (χ0v) is 18.9. The van der Waals surface area contributed by atoms with E-state index in [4.69, 9.17) is 5.73 Å². The first-order chi connectivity index (χ1) is 14.2. The molecule has 30 heavy (non-hydrogen) atoms. The molecule has 9 heteroatoms. The van der Waals surface area contributed by atoms with Crippen LogP contribution in [-0.4, -0.2) is 84.3 Å². The van der Waals surface area contributed by atoms with Crippen LogP contribution in [0.1, 0.15) is 37.6 Å². The van der Waals surface area contributed by atoms with Crippen molar-refractivity contribution in [2.45, 2.75) is 33.2 Å². The summed E-state index contributed by atoms with van der Waals surface area (Å²) >= 11 is 1.29. The van der Waals surface area contributed by atoms with Gasteiger partial charge in [-0.25, -0.2) is 0 Å². The van der Waals surface area contributed by atoms with E-state index < -0.39 is 5.91 Å². The zero-order chi connectivity index (χ0) is 21.8. The highest BCUT2D eigenvalue weighted by Gasteiger charge is 2.30. The molecule has 0 radical (unpaired) electrons. The number of nitrogens with zero attached hydrogens (tertiary/aromatic N) is 3. The van der Waals surface area contributed by atoms with Crippen molar-refractivity contribution in [2.24, 2.45) is 17.6 Å². The summed E-state index contributed by atoms with van der Waals surface area (Å²) in [6.07, 6.45) is 1.19. The highest BCUT2D eigenvalue weighted by Crippen LogP contribution is 2.24. The fraction of sp³-hybridized carbons (Fsp3) is 0.667. The minimum absolute atomic E-state index is 0.152. The largest absolute Gasteiger partial charge is 0.366 e. The molecule has 3 N–H and O–H groups in total. The Morgan fingerprint density at radius 1 is 1.17 bits per heavy atom. The molecule has 3 atom stereocenters. The molecule has 2 aliphatic rings. The first-order valence-electron chi connectivity index (χ1n) is 10.7. The number of carbonyl (C=O) groups is 3. The third-order valence-electron chi connectivity index (χ3n) is 6.08. The Bertz CT molecular complexity index is 764. The second-order valence-electron chi connectivity index (χ2n) is 8.75. The van der Waals surface area contributed by atoms with Gasteiger partial charge in [-0.1, -0.05) is 13.8 Å². The number of carbonyl (C=O) groups excluding carboxylic acids is 3. The average molecular weight is 436 g/mol. The van der Waals surface area contributed by atoms with Gasteiger partial charge in [0.05, 0.1) is 18.2 Å². The van der Waals surface area contributed by atoms with Crippen LogP contribution in [0.4, 0.5) is 5.00 Å². The van der Waals surface area contributed by atoms with E-state index in [1.54, 1.807) is 11.4 Å². The average Bonchev–Trinajstić information content (AvgIpc) is 3.15. The Labute approximate surface area is 182 Å². The lowest BCUT2D eigenvalue weighted by molar-refractivity contribution is -0.136. The topological polar surface area (TPSA) is 99.0 Å². The maximum Gasteiger partial charge on any atom is 0.251 e. The molecule has 1 aromatic heterocycles. The monoisotopic (exact) mass is 435 g/mol. The molecular formula is C21H33N5O3S. The number of nitrogens with one attached hydrogen (secondary N) is 1. The summed E-state index contributed by atoms with van der Waals surface area (Å²) in [5.41, 5.74) is 5.69. The van der Waals surface area contributed by atoms with Crippen molar-refractivity contribution in [3.63, 3.8) is 0 Å². The summed E-state index contributed by atoms with van der Waals surface area (Å²) in [5, 5.41) is 5.06. The number of piperidine rings is 1. The SMILES string of the molecule is CC1CC(C)CN(C(=O)CN2CCN(C(C)C(=O)Nc3sccc3C(N)=O)CC2)C1. The van der Waals surface area contributed by atoms with E-state index in [0.29, 0.717) is 28.9 Å². The van der Waals surface area contributed by atoms with Crippen LogP contribution in [0.15, 0.2) is 11.4 Å². The highest BCUT2D eigenvalue weighted by atomic mass is 32.1. The Hall–Kier alpha value is -1.97. The van der Waals surface area contributed by atoms with Crippen LogP contribution >= 0.6 is 11.3 Å². The van der Waals surface area contributed by atoms with Crippen molar-refractivity contribution in [1.29, 1.82) is 0 Å². The van der Waals surface area contributed by atoms with Gasteiger partial charge < -0.3 is 16.0 Å². The van der Waals surface area contributed by atoms with Crippen LogP contribution in [0.5, 0.6) is 0 Å². The first kappa shape index (κ1) is 22.7. The fourth-order valence-corrected chi connectivity index (χ4v) is 5.24. The molecule has 3 rings (SSSR count). The molecule has 0 aliphatic carbocycles. The van der Waals surface area contributed by atoms with Gasteiger partial charge in [-0.15, -0.1) is 11.3 Å². The Morgan fingerprint density at radius 3 is 2.40 bits per heavy atom. The molecule has 166 valence electrons. The number of amides is 3. The molecule has 0 spiro atoms. The van der Waals surface area contributed by atoms with Gasteiger partial charge in [-0.05, 0) is 36.6 Å². The predicted molar refractivity (Wildman–Crippen MR) is 118 cm³/mol. The molecule has 2 aliphatic heterocycles. The molecular weight excluding hydrogens is 402 g/mol. The summed E-state index contributed by atoms with van der Waals surface area (Å²) < 4.78 is 0. The molecule has 3 heterocycles. The summed E-state index contributed by atoms with van der Waals surface area (Å²) in [4.78, 5) is 43.1. The molecule has 0 saturated carbocycles.